The van der Waals surface area contributed by atoms with Gasteiger partial charge >= 0.3 is 0 Å². The van der Waals surface area contributed by atoms with Crippen molar-refractivity contribution in [1.29, 1.82) is 0 Å². The van der Waals surface area contributed by atoms with Crippen LogP contribution in [0, 0.1) is 0 Å². The maximum absolute atomic E-state index is 12.8. The van der Waals surface area contributed by atoms with Gasteiger partial charge in [-0.2, -0.15) is 0 Å². The number of nitrogens with zero attached hydrogens (tertiary/aromatic N) is 1. The van der Waals surface area contributed by atoms with Crippen LogP contribution in [0.1, 0.15) is 10.5 Å². The number of aromatic nitrogens is 2. The molecule has 0 saturated carbocycles. The van der Waals surface area contributed by atoms with Gasteiger partial charge in [-0.05, 0) is 24.3 Å². The number of fused-ring (bicyclic) bond motifs is 3. The molecule has 130 valence electrons. The lowest BCUT2D eigenvalue weighted by molar-refractivity contribution is 0.102. The fourth-order valence-corrected chi connectivity index (χ4v) is 3.20. The van der Waals surface area contributed by atoms with Gasteiger partial charge in [0.15, 0.2) is 0 Å². The summed E-state index contributed by atoms with van der Waals surface area (Å²) in [5.41, 5.74) is 2.30. The van der Waals surface area contributed by atoms with E-state index < -0.39 is 0 Å². The van der Waals surface area contributed by atoms with Crippen molar-refractivity contribution in [3.63, 3.8) is 0 Å². The highest BCUT2D eigenvalue weighted by Crippen LogP contribution is 2.25. The molecule has 1 amide bonds. The standard InChI is InChI=1S/C20H17N3O3/c1-23-17(20(25)21-12-6-5-7-13(10-12)26-2)11-15-18(23)14-8-3-4-9-16(14)22-19(15)24/h3-11H,1-2H3,(H,21,25)(H,22,24). The Morgan fingerprint density at radius 3 is 2.69 bits per heavy atom. The first-order valence-electron chi connectivity index (χ1n) is 8.14. The molecular formula is C20H17N3O3. The Morgan fingerprint density at radius 1 is 1.08 bits per heavy atom. The molecule has 0 fully saturated rings. The minimum absolute atomic E-state index is 0.213. The van der Waals surface area contributed by atoms with Crippen molar-refractivity contribution in [2.75, 3.05) is 12.4 Å². The summed E-state index contributed by atoms with van der Waals surface area (Å²) >= 11 is 0. The lowest BCUT2D eigenvalue weighted by Crippen LogP contribution is -2.15. The second-order valence-electron chi connectivity index (χ2n) is 6.04. The first-order valence-corrected chi connectivity index (χ1v) is 8.14. The van der Waals surface area contributed by atoms with E-state index in [1.54, 1.807) is 49.1 Å². The van der Waals surface area contributed by atoms with Crippen LogP contribution in [0.15, 0.2) is 59.4 Å². The number of pyridine rings is 1. The number of rotatable bonds is 3. The quantitative estimate of drug-likeness (QED) is 0.597. The molecule has 0 radical (unpaired) electrons. The van der Waals surface area contributed by atoms with Crippen LogP contribution < -0.4 is 15.6 Å². The summed E-state index contributed by atoms with van der Waals surface area (Å²) in [6.07, 6.45) is 0. The van der Waals surface area contributed by atoms with Crippen LogP contribution in [-0.4, -0.2) is 22.6 Å². The molecule has 4 aromatic rings. The van der Waals surface area contributed by atoms with Crippen LogP contribution in [0.5, 0.6) is 5.75 Å². The van der Waals surface area contributed by atoms with Crippen LogP contribution >= 0.6 is 0 Å². The van der Waals surface area contributed by atoms with E-state index in [-0.39, 0.29) is 11.5 Å². The van der Waals surface area contributed by atoms with E-state index in [4.69, 9.17) is 4.74 Å². The summed E-state index contributed by atoms with van der Waals surface area (Å²) < 4.78 is 6.93. The van der Waals surface area contributed by atoms with Gasteiger partial charge in [0.05, 0.1) is 23.5 Å². The molecule has 0 aliphatic heterocycles. The number of benzene rings is 2. The number of methoxy groups -OCH3 is 1. The molecule has 2 aromatic carbocycles. The summed E-state index contributed by atoms with van der Waals surface area (Å²) in [5, 5.41) is 4.23. The van der Waals surface area contributed by atoms with Crippen LogP contribution in [-0.2, 0) is 7.05 Å². The van der Waals surface area contributed by atoms with Crippen molar-refractivity contribution < 1.29 is 9.53 Å². The molecular weight excluding hydrogens is 330 g/mol. The molecule has 0 unspecified atom stereocenters. The molecule has 2 heterocycles. The number of anilines is 1. The number of hydrogen-bond acceptors (Lipinski definition) is 3. The Hall–Kier alpha value is -3.54. The minimum atomic E-state index is -0.291. The smallest absolute Gasteiger partial charge is 0.272 e. The Labute approximate surface area is 149 Å². The highest BCUT2D eigenvalue weighted by molar-refractivity contribution is 6.11. The molecule has 26 heavy (non-hydrogen) atoms. The number of aryl methyl sites for hydroxylation is 1. The van der Waals surface area contributed by atoms with E-state index in [2.05, 4.69) is 10.3 Å². The minimum Gasteiger partial charge on any atom is -0.497 e. The molecule has 0 atom stereocenters. The summed E-state index contributed by atoms with van der Waals surface area (Å²) in [6.45, 7) is 0. The molecule has 0 aliphatic rings. The van der Waals surface area contributed by atoms with Crippen molar-refractivity contribution in [2.24, 2.45) is 7.05 Å². The number of nitrogens with one attached hydrogen (secondary N) is 2. The Balaban J connectivity index is 1.83. The lowest BCUT2D eigenvalue weighted by atomic mass is 10.1. The predicted molar refractivity (Wildman–Crippen MR) is 102 cm³/mol. The second kappa shape index (κ2) is 6.07. The van der Waals surface area contributed by atoms with Gasteiger partial charge < -0.3 is 19.6 Å². The van der Waals surface area contributed by atoms with Crippen molar-refractivity contribution in [3.05, 3.63) is 70.6 Å². The maximum Gasteiger partial charge on any atom is 0.272 e. The van der Waals surface area contributed by atoms with Crippen LogP contribution in [0.25, 0.3) is 21.8 Å². The largest absolute Gasteiger partial charge is 0.497 e. The van der Waals surface area contributed by atoms with E-state index in [1.807, 2.05) is 24.3 Å². The Kier molecular flexibility index (Phi) is 3.73. The first kappa shape index (κ1) is 16.0. The first-order chi connectivity index (χ1) is 12.6. The third-order valence-electron chi connectivity index (χ3n) is 4.47. The summed E-state index contributed by atoms with van der Waals surface area (Å²) in [5.74, 6) is 0.364. The number of hydrogen-bond donors (Lipinski definition) is 2. The number of H-pyrrole nitrogens is 1. The van der Waals surface area contributed by atoms with E-state index in [1.165, 1.54) is 0 Å². The third-order valence-corrected chi connectivity index (χ3v) is 4.47. The van der Waals surface area contributed by atoms with Gasteiger partial charge in [-0.3, -0.25) is 9.59 Å². The number of aromatic amines is 1. The molecule has 2 N–H and O–H groups in total. The van der Waals surface area contributed by atoms with Crippen molar-refractivity contribution >= 4 is 33.4 Å². The zero-order chi connectivity index (χ0) is 18.3. The van der Waals surface area contributed by atoms with Gasteiger partial charge in [0.1, 0.15) is 11.4 Å². The zero-order valence-electron chi connectivity index (χ0n) is 14.4. The van der Waals surface area contributed by atoms with Crippen molar-refractivity contribution in [3.8, 4) is 5.75 Å². The zero-order valence-corrected chi connectivity index (χ0v) is 14.4. The maximum atomic E-state index is 12.8. The topological polar surface area (TPSA) is 76.1 Å². The highest BCUT2D eigenvalue weighted by Gasteiger charge is 2.17. The third kappa shape index (κ3) is 2.52. The monoisotopic (exact) mass is 347 g/mol. The Morgan fingerprint density at radius 2 is 1.88 bits per heavy atom. The lowest BCUT2D eigenvalue weighted by Gasteiger charge is -2.08. The van der Waals surface area contributed by atoms with Gasteiger partial charge in [-0.15, -0.1) is 0 Å². The van der Waals surface area contributed by atoms with Gasteiger partial charge in [0, 0.05) is 24.2 Å². The summed E-state index contributed by atoms with van der Waals surface area (Å²) in [6, 6.07) is 16.3. The SMILES string of the molecule is COc1cccc(NC(=O)c2cc3c(=O)[nH]c4ccccc4c3n2C)c1. The fourth-order valence-electron chi connectivity index (χ4n) is 3.20. The molecule has 0 aliphatic carbocycles. The number of amides is 1. The number of ether oxygens (including phenoxy) is 1. The molecule has 0 spiro atoms. The van der Waals surface area contributed by atoms with Crippen LogP contribution in [0.2, 0.25) is 0 Å². The molecule has 6 nitrogen and oxygen atoms in total. The van der Waals surface area contributed by atoms with Crippen molar-refractivity contribution in [1.82, 2.24) is 9.55 Å². The number of carbonyl (C=O) groups excluding carboxylic acids is 1. The van der Waals surface area contributed by atoms with Gasteiger partial charge in [-0.1, -0.05) is 24.3 Å². The fraction of sp³-hybridized carbons (Fsp3) is 0.100. The van der Waals surface area contributed by atoms with E-state index in [0.29, 0.717) is 22.5 Å². The molecule has 0 saturated heterocycles. The average Bonchev–Trinajstić information content (AvgIpc) is 3.00. The van der Waals surface area contributed by atoms with E-state index in [9.17, 15) is 9.59 Å². The summed E-state index contributed by atoms with van der Waals surface area (Å²) in [4.78, 5) is 28.0. The molecule has 6 heteroatoms. The molecule has 2 aromatic heterocycles. The summed E-state index contributed by atoms with van der Waals surface area (Å²) in [7, 11) is 3.36. The van der Waals surface area contributed by atoms with Gasteiger partial charge in [0.25, 0.3) is 11.5 Å². The highest BCUT2D eigenvalue weighted by atomic mass is 16.5. The number of carbonyl (C=O) groups is 1. The Bertz CT molecular complexity index is 1200. The van der Waals surface area contributed by atoms with E-state index in [0.717, 1.165) is 16.4 Å². The van der Waals surface area contributed by atoms with E-state index >= 15 is 0 Å². The second-order valence-corrected chi connectivity index (χ2v) is 6.04. The van der Waals surface area contributed by atoms with Crippen LogP contribution in [0.4, 0.5) is 5.69 Å². The normalized spacial score (nSPS) is 11.0. The van der Waals surface area contributed by atoms with Crippen LogP contribution in [0.3, 0.4) is 0 Å². The van der Waals surface area contributed by atoms with Crippen molar-refractivity contribution in [2.45, 2.75) is 0 Å². The predicted octanol–water partition coefficient (Wildman–Crippen LogP) is 3.28. The molecule has 4 rings (SSSR count). The van der Waals surface area contributed by atoms with Gasteiger partial charge in [-0.25, -0.2) is 0 Å². The average molecular weight is 347 g/mol. The number of para-hydroxylation sites is 1. The van der Waals surface area contributed by atoms with Gasteiger partial charge in [0.2, 0.25) is 0 Å². The molecule has 0 bridgehead atoms.